The number of nitrogens with one attached hydrogen (secondary N) is 2. The SMILES string of the molecule is O=C(Nc1ccc(Cl)cc1Cl)c1ccc(NC2=C(Cl)C(=O)N(c3ccc(Oc4ccccc4)cc3)C2=O)cc1. The quantitative estimate of drug-likeness (QED) is 0.222. The third-order valence-corrected chi connectivity index (χ3v) is 6.60. The topological polar surface area (TPSA) is 87.7 Å². The third kappa shape index (κ3) is 5.76. The molecule has 0 saturated heterocycles. The zero-order chi connectivity index (χ0) is 27.5. The first kappa shape index (κ1) is 26.3. The molecule has 194 valence electrons. The Balaban J connectivity index is 1.26. The molecular formula is C29H18Cl3N3O4. The number of nitrogens with zero attached hydrogens (tertiary/aromatic N) is 1. The van der Waals surface area contributed by atoms with Gasteiger partial charge in [0, 0.05) is 16.3 Å². The van der Waals surface area contributed by atoms with Gasteiger partial charge in [-0.15, -0.1) is 0 Å². The smallest absolute Gasteiger partial charge is 0.283 e. The number of benzene rings is 4. The van der Waals surface area contributed by atoms with Gasteiger partial charge in [-0.25, -0.2) is 4.90 Å². The number of ether oxygens (including phenoxy) is 1. The number of carbonyl (C=O) groups excluding carboxylic acids is 3. The van der Waals surface area contributed by atoms with Crippen molar-refractivity contribution in [2.75, 3.05) is 15.5 Å². The molecular weight excluding hydrogens is 561 g/mol. The van der Waals surface area contributed by atoms with E-state index >= 15 is 0 Å². The van der Waals surface area contributed by atoms with Crippen LogP contribution in [0.3, 0.4) is 0 Å². The van der Waals surface area contributed by atoms with Crippen LogP contribution in [0.5, 0.6) is 11.5 Å². The summed E-state index contributed by atoms with van der Waals surface area (Å²) in [5.41, 5.74) is 1.49. The van der Waals surface area contributed by atoms with Crippen LogP contribution < -0.4 is 20.3 Å². The minimum Gasteiger partial charge on any atom is -0.457 e. The molecule has 2 N–H and O–H groups in total. The van der Waals surface area contributed by atoms with Crippen molar-refractivity contribution >= 4 is 69.6 Å². The van der Waals surface area contributed by atoms with Crippen LogP contribution >= 0.6 is 34.8 Å². The maximum absolute atomic E-state index is 13.1. The number of halogens is 3. The Kier molecular flexibility index (Phi) is 7.56. The van der Waals surface area contributed by atoms with Crippen LogP contribution in [0, 0.1) is 0 Å². The molecule has 3 amide bonds. The highest BCUT2D eigenvalue weighted by Gasteiger charge is 2.39. The number of amides is 3. The zero-order valence-electron chi connectivity index (χ0n) is 20.0. The highest BCUT2D eigenvalue weighted by atomic mass is 35.5. The van der Waals surface area contributed by atoms with Crippen LogP contribution in [0.4, 0.5) is 17.1 Å². The van der Waals surface area contributed by atoms with E-state index in [1.807, 2.05) is 30.3 Å². The molecule has 4 aromatic rings. The number of rotatable bonds is 7. The summed E-state index contributed by atoms with van der Waals surface area (Å²) in [6.07, 6.45) is 0. The molecule has 1 aliphatic rings. The van der Waals surface area contributed by atoms with E-state index in [1.165, 1.54) is 6.07 Å². The second-order valence-electron chi connectivity index (χ2n) is 8.32. The van der Waals surface area contributed by atoms with Crippen molar-refractivity contribution in [3.8, 4) is 11.5 Å². The highest BCUT2D eigenvalue weighted by molar-refractivity contribution is 6.53. The standard InChI is InChI=1S/C29H18Cl3N3O4/c30-18-8-15-24(23(31)16-18)34-27(36)17-6-9-19(10-7-17)33-26-25(32)28(37)35(29(26)38)20-11-13-22(14-12-20)39-21-4-2-1-3-5-21/h1-16,33H,(H,34,36). The number of imide groups is 1. The minimum absolute atomic E-state index is 0.0728. The van der Waals surface area contributed by atoms with Crippen LogP contribution in [0.2, 0.25) is 10.0 Å². The average Bonchev–Trinajstić information content (AvgIpc) is 3.14. The molecule has 10 heteroatoms. The number of hydrogen-bond donors (Lipinski definition) is 2. The molecule has 1 aliphatic heterocycles. The average molecular weight is 579 g/mol. The van der Waals surface area contributed by atoms with Crippen molar-refractivity contribution in [2.45, 2.75) is 0 Å². The van der Waals surface area contributed by atoms with Gasteiger partial charge in [0.2, 0.25) is 0 Å². The van der Waals surface area contributed by atoms with Crippen LogP contribution in [0.1, 0.15) is 10.4 Å². The summed E-state index contributed by atoms with van der Waals surface area (Å²) in [6.45, 7) is 0. The van der Waals surface area contributed by atoms with E-state index in [2.05, 4.69) is 10.6 Å². The van der Waals surface area contributed by atoms with Gasteiger partial charge in [0.25, 0.3) is 17.7 Å². The lowest BCUT2D eigenvalue weighted by atomic mass is 10.2. The molecule has 0 atom stereocenters. The first-order chi connectivity index (χ1) is 18.8. The van der Waals surface area contributed by atoms with E-state index < -0.39 is 11.8 Å². The van der Waals surface area contributed by atoms with Crippen molar-refractivity contribution in [2.24, 2.45) is 0 Å². The molecule has 39 heavy (non-hydrogen) atoms. The maximum Gasteiger partial charge on any atom is 0.283 e. The van der Waals surface area contributed by atoms with Crippen LogP contribution in [0.25, 0.3) is 0 Å². The molecule has 0 bridgehead atoms. The summed E-state index contributed by atoms with van der Waals surface area (Å²) >= 11 is 18.3. The molecule has 0 radical (unpaired) electrons. The lowest BCUT2D eigenvalue weighted by Crippen LogP contribution is -2.32. The predicted octanol–water partition coefficient (Wildman–Crippen LogP) is 7.47. The molecule has 5 rings (SSSR count). The molecule has 4 aromatic carbocycles. The van der Waals surface area contributed by atoms with E-state index in [0.29, 0.717) is 44.2 Å². The van der Waals surface area contributed by atoms with Gasteiger partial charge in [0.1, 0.15) is 22.2 Å². The molecule has 0 fully saturated rings. The second-order valence-corrected chi connectivity index (χ2v) is 9.55. The largest absolute Gasteiger partial charge is 0.457 e. The normalized spacial score (nSPS) is 13.1. The lowest BCUT2D eigenvalue weighted by molar-refractivity contribution is -0.120. The first-order valence-electron chi connectivity index (χ1n) is 11.5. The van der Waals surface area contributed by atoms with Crippen LogP contribution in [-0.4, -0.2) is 17.7 Å². The van der Waals surface area contributed by atoms with Gasteiger partial charge in [0.05, 0.1) is 16.4 Å². The Labute approximate surface area is 238 Å². The van der Waals surface area contributed by atoms with Gasteiger partial charge >= 0.3 is 0 Å². The molecule has 1 heterocycles. The summed E-state index contributed by atoms with van der Waals surface area (Å²) in [4.78, 5) is 39.5. The Hall–Kier alpha value is -4.30. The summed E-state index contributed by atoms with van der Waals surface area (Å²) in [6, 6.07) is 26.8. The van der Waals surface area contributed by atoms with Gasteiger partial charge in [-0.3, -0.25) is 14.4 Å². The Bertz CT molecular complexity index is 1610. The first-order valence-corrected chi connectivity index (χ1v) is 12.7. The van der Waals surface area contributed by atoms with Crippen LogP contribution in [-0.2, 0) is 9.59 Å². The summed E-state index contributed by atoms with van der Waals surface area (Å²) in [7, 11) is 0. The van der Waals surface area contributed by atoms with E-state index in [4.69, 9.17) is 39.5 Å². The van der Waals surface area contributed by atoms with E-state index in [-0.39, 0.29) is 16.6 Å². The number of hydrogen-bond acceptors (Lipinski definition) is 5. The van der Waals surface area contributed by atoms with Crippen molar-refractivity contribution in [3.63, 3.8) is 0 Å². The Morgan fingerprint density at radius 2 is 1.41 bits per heavy atom. The Morgan fingerprint density at radius 1 is 0.744 bits per heavy atom. The van der Waals surface area contributed by atoms with Gasteiger partial charge in [-0.05, 0) is 78.9 Å². The highest BCUT2D eigenvalue weighted by Crippen LogP contribution is 2.32. The van der Waals surface area contributed by atoms with Gasteiger partial charge in [-0.1, -0.05) is 53.0 Å². The van der Waals surface area contributed by atoms with Crippen molar-refractivity contribution in [1.29, 1.82) is 0 Å². The fourth-order valence-electron chi connectivity index (χ4n) is 3.77. The zero-order valence-corrected chi connectivity index (χ0v) is 22.2. The molecule has 0 aromatic heterocycles. The number of anilines is 3. The second kappa shape index (κ2) is 11.2. The summed E-state index contributed by atoms with van der Waals surface area (Å²) < 4.78 is 5.76. The molecule has 0 unspecified atom stereocenters. The van der Waals surface area contributed by atoms with E-state index in [9.17, 15) is 14.4 Å². The fraction of sp³-hybridized carbons (Fsp3) is 0. The van der Waals surface area contributed by atoms with Gasteiger partial charge in [-0.2, -0.15) is 0 Å². The number of carbonyl (C=O) groups is 3. The molecule has 0 saturated carbocycles. The predicted molar refractivity (Wildman–Crippen MR) is 153 cm³/mol. The van der Waals surface area contributed by atoms with Crippen molar-refractivity contribution in [1.82, 2.24) is 0 Å². The summed E-state index contributed by atoms with van der Waals surface area (Å²) in [5, 5.41) is 6.12. The maximum atomic E-state index is 13.1. The lowest BCUT2D eigenvalue weighted by Gasteiger charge is -2.16. The molecule has 0 spiro atoms. The van der Waals surface area contributed by atoms with Crippen molar-refractivity contribution in [3.05, 3.63) is 123 Å². The molecule has 7 nitrogen and oxygen atoms in total. The number of para-hydroxylation sites is 1. The van der Waals surface area contributed by atoms with E-state index in [0.717, 1.165) is 4.90 Å². The summed E-state index contributed by atoms with van der Waals surface area (Å²) in [5.74, 6) is -0.449. The van der Waals surface area contributed by atoms with E-state index in [1.54, 1.807) is 60.7 Å². The Morgan fingerprint density at radius 3 is 2.08 bits per heavy atom. The van der Waals surface area contributed by atoms with Crippen LogP contribution in [0.15, 0.2) is 108 Å². The minimum atomic E-state index is -0.656. The molecule has 0 aliphatic carbocycles. The monoisotopic (exact) mass is 577 g/mol. The van der Waals surface area contributed by atoms with Crippen molar-refractivity contribution < 1.29 is 19.1 Å². The fourth-order valence-corrected chi connectivity index (χ4v) is 4.44. The van der Waals surface area contributed by atoms with Gasteiger partial charge < -0.3 is 15.4 Å². The third-order valence-electron chi connectivity index (χ3n) is 5.70. The van der Waals surface area contributed by atoms with Gasteiger partial charge in [0.15, 0.2) is 0 Å².